The summed E-state index contributed by atoms with van der Waals surface area (Å²) in [6, 6.07) is 33.7. The molecule has 1 fully saturated rings. The second kappa shape index (κ2) is 14.7. The lowest BCUT2D eigenvalue weighted by Crippen LogP contribution is -2.51. The van der Waals surface area contributed by atoms with E-state index in [9.17, 15) is 9.90 Å². The molecule has 0 unspecified atom stereocenters. The van der Waals surface area contributed by atoms with Crippen LogP contribution in [0.3, 0.4) is 0 Å². The highest BCUT2D eigenvalue weighted by Crippen LogP contribution is 2.61. The number of hydrazone groups is 1. The quantitative estimate of drug-likeness (QED) is 0.156. The molecule has 4 atom stereocenters. The zero-order valence-electron chi connectivity index (χ0n) is 31.6. The number of hydrogen-bond donors (Lipinski definition) is 1. The van der Waals surface area contributed by atoms with Crippen molar-refractivity contribution in [3.05, 3.63) is 126 Å². The lowest BCUT2D eigenvalue weighted by Gasteiger charge is -2.37. The monoisotopic (exact) mass is 754 g/mol. The lowest BCUT2D eigenvalue weighted by atomic mass is 9.82. The standard InChI is InChI=1S/C43H46N6O5Si/c1-29-41(55(3,4)35-18-16-34(53-2)17-19-35)39(23-25-47-28-31(24-26-50)44-46-47)54-43(29)36-27-33(15-21-38(36)48(42(43)52)32-13-9-6-10-14-32)49-40(51)22-20-37(45-49)30-11-7-5-8-12-30/h5-19,21,27-29,39,41,50H,20,22-26H2,1-4H3/t29-,39+,41-,43+/m1/s1. The maximum Gasteiger partial charge on any atom is 0.268 e. The number of amides is 2. The first-order chi connectivity index (χ1) is 26.6. The van der Waals surface area contributed by atoms with Gasteiger partial charge in [0.15, 0.2) is 5.60 Å². The third-order valence-corrected chi connectivity index (χ3v) is 16.1. The summed E-state index contributed by atoms with van der Waals surface area (Å²) in [5.74, 6) is 0.293. The van der Waals surface area contributed by atoms with Gasteiger partial charge in [-0.05, 0) is 60.0 Å². The molecule has 3 aliphatic rings. The summed E-state index contributed by atoms with van der Waals surface area (Å²) < 4.78 is 14.7. The molecule has 4 aromatic carbocycles. The Hall–Kier alpha value is -5.43. The predicted octanol–water partition coefficient (Wildman–Crippen LogP) is 6.34. The van der Waals surface area contributed by atoms with Crippen molar-refractivity contribution in [2.45, 2.75) is 69.5 Å². The van der Waals surface area contributed by atoms with Crippen LogP contribution in [0.1, 0.15) is 43.0 Å². The summed E-state index contributed by atoms with van der Waals surface area (Å²) in [5.41, 5.74) is 4.00. The van der Waals surface area contributed by atoms with Gasteiger partial charge in [-0.1, -0.05) is 91.1 Å². The smallest absolute Gasteiger partial charge is 0.268 e. The van der Waals surface area contributed by atoms with Crippen molar-refractivity contribution in [3.8, 4) is 5.75 Å². The van der Waals surface area contributed by atoms with Crippen LogP contribution in [-0.4, -0.2) is 65.5 Å². The lowest BCUT2D eigenvalue weighted by molar-refractivity contribution is -0.145. The molecular formula is C43H46N6O5Si. The van der Waals surface area contributed by atoms with E-state index in [4.69, 9.17) is 14.6 Å². The van der Waals surface area contributed by atoms with Crippen molar-refractivity contribution in [3.63, 3.8) is 0 Å². The SMILES string of the molecule is COc1ccc([Si](C)(C)[C@H]2[C@H](CCn3cc(CCO)nn3)O[C@@]3(C(=O)N(c4ccccc4)c4ccc(N5N=C(c6ccccc6)CCC5=O)cc43)[C@@H]2C)cc1. The molecule has 3 aliphatic heterocycles. The number of nitrogens with zero attached hydrogens (tertiary/aromatic N) is 6. The average molecular weight is 755 g/mol. The number of rotatable bonds is 11. The highest BCUT2D eigenvalue weighted by molar-refractivity contribution is 6.91. The molecule has 282 valence electrons. The van der Waals surface area contributed by atoms with Crippen molar-refractivity contribution in [2.24, 2.45) is 11.0 Å². The number of carbonyl (C=O) groups excluding carboxylic acids is 2. The van der Waals surface area contributed by atoms with Crippen LogP contribution in [0.5, 0.6) is 5.75 Å². The van der Waals surface area contributed by atoms with Crippen LogP contribution in [0.2, 0.25) is 18.6 Å². The van der Waals surface area contributed by atoms with Crippen molar-refractivity contribution in [1.82, 2.24) is 15.0 Å². The van der Waals surface area contributed by atoms with E-state index in [-0.39, 0.29) is 36.0 Å². The zero-order chi connectivity index (χ0) is 38.3. The number of anilines is 3. The number of fused-ring (bicyclic) bond motifs is 2. The maximum absolute atomic E-state index is 15.4. The molecule has 1 aromatic heterocycles. The van der Waals surface area contributed by atoms with Gasteiger partial charge in [0.05, 0.1) is 44.1 Å². The van der Waals surface area contributed by atoms with Gasteiger partial charge in [-0.2, -0.15) is 5.10 Å². The van der Waals surface area contributed by atoms with Gasteiger partial charge in [-0.25, -0.2) is 5.01 Å². The maximum atomic E-state index is 15.4. The Labute approximate surface area is 322 Å². The Morgan fingerprint density at radius 1 is 0.927 bits per heavy atom. The minimum Gasteiger partial charge on any atom is -0.497 e. The van der Waals surface area contributed by atoms with Crippen LogP contribution in [0, 0.1) is 5.92 Å². The molecule has 2 amide bonds. The first-order valence-electron chi connectivity index (χ1n) is 19.0. The van der Waals surface area contributed by atoms with Crippen molar-refractivity contribution >= 4 is 47.8 Å². The normalized spacial score (nSPS) is 22.3. The van der Waals surface area contributed by atoms with Gasteiger partial charge in [0.2, 0.25) is 5.91 Å². The van der Waals surface area contributed by atoms with Crippen LogP contribution in [0.15, 0.2) is 114 Å². The first-order valence-corrected chi connectivity index (χ1v) is 22.1. The molecular weight excluding hydrogens is 709 g/mol. The number of hydrogen-bond acceptors (Lipinski definition) is 8. The largest absolute Gasteiger partial charge is 0.497 e. The number of carbonyl (C=O) groups is 2. The number of benzene rings is 4. The van der Waals surface area contributed by atoms with E-state index >= 15 is 4.79 Å². The molecule has 5 aromatic rings. The van der Waals surface area contributed by atoms with Gasteiger partial charge in [0, 0.05) is 55.8 Å². The molecule has 12 heteroatoms. The molecule has 1 saturated heterocycles. The average Bonchev–Trinajstić information content (AvgIpc) is 3.87. The fourth-order valence-electron chi connectivity index (χ4n) is 8.99. The minimum atomic E-state index is -2.42. The Kier molecular flexibility index (Phi) is 9.74. The molecule has 1 spiro atoms. The van der Waals surface area contributed by atoms with Gasteiger partial charge in [0.25, 0.3) is 5.91 Å². The molecule has 8 rings (SSSR count). The van der Waals surface area contributed by atoms with Crippen LogP contribution in [0.25, 0.3) is 0 Å². The van der Waals surface area contributed by atoms with Gasteiger partial charge in [0.1, 0.15) is 5.75 Å². The molecule has 1 N–H and O–H groups in total. The number of aromatic nitrogens is 3. The first kappa shape index (κ1) is 36.5. The van der Waals surface area contributed by atoms with E-state index in [1.165, 1.54) is 10.2 Å². The summed E-state index contributed by atoms with van der Waals surface area (Å²) in [6.07, 6.45) is 3.45. The summed E-state index contributed by atoms with van der Waals surface area (Å²) in [4.78, 5) is 30.8. The summed E-state index contributed by atoms with van der Waals surface area (Å²) in [6.45, 7) is 7.41. The van der Waals surface area contributed by atoms with Gasteiger partial charge >= 0.3 is 0 Å². The molecule has 55 heavy (non-hydrogen) atoms. The fraction of sp³-hybridized carbons (Fsp3) is 0.326. The fourth-order valence-corrected chi connectivity index (χ4v) is 13.0. The number of aliphatic hydroxyl groups is 1. The van der Waals surface area contributed by atoms with E-state index in [0.29, 0.717) is 37.9 Å². The van der Waals surface area contributed by atoms with Crippen LogP contribution < -0.4 is 19.8 Å². The van der Waals surface area contributed by atoms with Crippen LogP contribution in [0.4, 0.5) is 17.1 Å². The molecule has 11 nitrogen and oxygen atoms in total. The molecule has 4 heterocycles. The Morgan fingerprint density at radius 3 is 2.36 bits per heavy atom. The molecule has 0 saturated carbocycles. The molecule has 0 aliphatic carbocycles. The summed E-state index contributed by atoms with van der Waals surface area (Å²) in [7, 11) is -0.751. The Balaban J connectivity index is 1.26. The predicted molar refractivity (Wildman–Crippen MR) is 215 cm³/mol. The van der Waals surface area contributed by atoms with E-state index in [2.05, 4.69) is 42.5 Å². The summed E-state index contributed by atoms with van der Waals surface area (Å²) >= 11 is 0. The molecule has 0 radical (unpaired) electrons. The number of aliphatic hydroxyl groups excluding tert-OH is 1. The van der Waals surface area contributed by atoms with Crippen molar-refractivity contribution in [1.29, 1.82) is 0 Å². The second-order valence-corrected chi connectivity index (χ2v) is 19.9. The number of para-hydroxylation sites is 1. The third kappa shape index (κ3) is 6.37. The Morgan fingerprint density at radius 2 is 1.65 bits per heavy atom. The summed E-state index contributed by atoms with van der Waals surface area (Å²) in [5, 5.41) is 25.7. The number of aryl methyl sites for hydroxylation is 1. The van der Waals surface area contributed by atoms with Gasteiger partial charge in [-0.3, -0.25) is 19.2 Å². The Bertz CT molecular complexity index is 2230. The van der Waals surface area contributed by atoms with Gasteiger partial charge in [-0.15, -0.1) is 5.10 Å². The van der Waals surface area contributed by atoms with Crippen LogP contribution in [-0.2, 0) is 32.9 Å². The highest BCUT2D eigenvalue weighted by Gasteiger charge is 2.66. The second-order valence-electron chi connectivity index (χ2n) is 15.2. The van der Waals surface area contributed by atoms with Crippen LogP contribution >= 0.6 is 0 Å². The van der Waals surface area contributed by atoms with E-state index in [1.807, 2.05) is 97.2 Å². The number of methoxy groups -OCH3 is 1. The van der Waals surface area contributed by atoms with Crippen molar-refractivity contribution < 1.29 is 24.2 Å². The van der Waals surface area contributed by atoms with Gasteiger partial charge < -0.3 is 14.6 Å². The topological polar surface area (TPSA) is 122 Å². The zero-order valence-corrected chi connectivity index (χ0v) is 32.6. The minimum absolute atomic E-state index is 0.00246. The number of ether oxygens (including phenoxy) is 2. The third-order valence-electron chi connectivity index (χ3n) is 11.7. The van der Waals surface area contributed by atoms with Crippen molar-refractivity contribution in [2.75, 3.05) is 23.6 Å². The highest BCUT2D eigenvalue weighted by atomic mass is 28.3. The molecule has 0 bridgehead atoms. The van der Waals surface area contributed by atoms with E-state index in [1.54, 1.807) is 16.7 Å². The van der Waals surface area contributed by atoms with E-state index in [0.717, 1.165) is 39.7 Å². The van der Waals surface area contributed by atoms with E-state index < -0.39 is 13.7 Å².